The average molecular weight is 572 g/mol. The molecule has 0 atom stereocenters. The number of pyridine rings is 1. The Balaban J connectivity index is 1.51. The van der Waals surface area contributed by atoms with Crippen LogP contribution in [-0.2, 0) is 13.7 Å². The van der Waals surface area contributed by atoms with Gasteiger partial charge in [-0.1, -0.05) is 17.7 Å². The number of carbonyl (C=O) groups is 2. The van der Waals surface area contributed by atoms with Crippen LogP contribution < -0.4 is 15.8 Å². The van der Waals surface area contributed by atoms with Gasteiger partial charge in [0.2, 0.25) is 0 Å². The number of aryl methyl sites for hydroxylation is 1. The zero-order chi connectivity index (χ0) is 27.8. The van der Waals surface area contributed by atoms with Crippen molar-refractivity contribution in [3.05, 3.63) is 81.5 Å². The Bertz CT molecular complexity index is 1730. The molecule has 39 heavy (non-hydrogen) atoms. The molecular weight excluding hydrogens is 552 g/mol. The summed E-state index contributed by atoms with van der Waals surface area (Å²) in [5.41, 5.74) is 6.72. The van der Waals surface area contributed by atoms with Crippen molar-refractivity contribution in [2.45, 2.75) is 20.0 Å². The van der Waals surface area contributed by atoms with E-state index in [-0.39, 0.29) is 27.8 Å². The number of hydrogen-bond acceptors (Lipinski definition) is 7. The number of hydrogen-bond donors (Lipinski definition) is 2. The van der Waals surface area contributed by atoms with E-state index in [1.165, 1.54) is 18.3 Å². The number of fused-ring (bicyclic) bond motifs is 1. The number of furan rings is 1. The van der Waals surface area contributed by atoms with E-state index in [1.54, 1.807) is 49.0 Å². The first-order valence-electron chi connectivity index (χ1n) is 11.4. The van der Waals surface area contributed by atoms with Crippen LogP contribution in [0.15, 0.2) is 53.1 Å². The molecule has 0 aliphatic carbocycles. The normalized spacial score (nSPS) is 11.3. The molecule has 0 radical (unpaired) electrons. The van der Waals surface area contributed by atoms with Crippen LogP contribution in [0.3, 0.4) is 0 Å². The molecule has 5 rings (SSSR count). The number of ether oxygens (including phenoxy) is 1. The quantitative estimate of drug-likeness (QED) is 0.231. The Hall–Kier alpha value is -4.29. The van der Waals surface area contributed by atoms with Crippen molar-refractivity contribution >= 4 is 50.7 Å². The SMILES string of the molecule is Cc1c(-c2cc(C(F)F)nc3sc(C(N)=O)c(NC(=O)c4ccc(COc5cccc(Cl)c5)o4)c23)cnn1C. The highest BCUT2D eigenvalue weighted by atomic mass is 35.5. The minimum atomic E-state index is -2.86. The van der Waals surface area contributed by atoms with Crippen LogP contribution in [0.2, 0.25) is 5.02 Å². The largest absolute Gasteiger partial charge is 0.486 e. The fourth-order valence-electron chi connectivity index (χ4n) is 3.96. The van der Waals surface area contributed by atoms with Gasteiger partial charge in [0.1, 0.15) is 33.5 Å². The number of halogens is 3. The van der Waals surface area contributed by atoms with Crippen molar-refractivity contribution in [2.75, 3.05) is 5.32 Å². The highest BCUT2D eigenvalue weighted by Gasteiger charge is 2.27. The van der Waals surface area contributed by atoms with Crippen molar-refractivity contribution < 1.29 is 27.5 Å². The second-order valence-corrected chi connectivity index (χ2v) is 9.91. The van der Waals surface area contributed by atoms with E-state index in [0.29, 0.717) is 38.7 Å². The highest BCUT2D eigenvalue weighted by Crippen LogP contribution is 2.43. The Morgan fingerprint density at radius 3 is 2.69 bits per heavy atom. The molecule has 0 aliphatic rings. The first-order chi connectivity index (χ1) is 18.6. The van der Waals surface area contributed by atoms with Crippen LogP contribution >= 0.6 is 22.9 Å². The molecule has 3 N–H and O–H groups in total. The molecule has 13 heteroatoms. The molecule has 4 heterocycles. The Kier molecular flexibility index (Phi) is 7.06. The minimum absolute atomic E-state index is 0.0340. The Morgan fingerprint density at radius 1 is 1.23 bits per heavy atom. The summed E-state index contributed by atoms with van der Waals surface area (Å²) in [5.74, 6) is -0.713. The molecule has 5 aromatic rings. The van der Waals surface area contributed by atoms with Gasteiger partial charge in [0.25, 0.3) is 18.2 Å². The summed E-state index contributed by atoms with van der Waals surface area (Å²) in [6.45, 7) is 1.80. The van der Waals surface area contributed by atoms with Crippen LogP contribution in [0.1, 0.15) is 43.8 Å². The molecule has 200 valence electrons. The number of thiophene rings is 1. The lowest BCUT2D eigenvalue weighted by Crippen LogP contribution is -2.16. The van der Waals surface area contributed by atoms with Crippen molar-refractivity contribution in [1.82, 2.24) is 14.8 Å². The fourth-order valence-corrected chi connectivity index (χ4v) is 5.16. The lowest BCUT2D eigenvalue weighted by Gasteiger charge is -2.10. The molecule has 0 unspecified atom stereocenters. The Labute approximate surface area is 229 Å². The van der Waals surface area contributed by atoms with Crippen LogP contribution in [0.25, 0.3) is 21.3 Å². The Morgan fingerprint density at radius 2 is 2.03 bits per heavy atom. The lowest BCUT2D eigenvalue weighted by atomic mass is 10.0. The summed E-state index contributed by atoms with van der Waals surface area (Å²) in [7, 11) is 1.71. The summed E-state index contributed by atoms with van der Waals surface area (Å²) in [4.78, 5) is 29.6. The van der Waals surface area contributed by atoms with Crippen molar-refractivity contribution in [3.63, 3.8) is 0 Å². The number of anilines is 1. The molecular formula is C26H20ClF2N5O4S. The number of nitrogens with two attached hydrogens (primary N) is 1. The average Bonchev–Trinajstić information content (AvgIpc) is 3.60. The summed E-state index contributed by atoms with van der Waals surface area (Å²) < 4.78 is 40.3. The smallest absolute Gasteiger partial charge is 0.291 e. The van der Waals surface area contributed by atoms with Gasteiger partial charge in [-0.2, -0.15) is 5.10 Å². The highest BCUT2D eigenvalue weighted by molar-refractivity contribution is 7.21. The number of benzene rings is 1. The van der Waals surface area contributed by atoms with Gasteiger partial charge in [-0.05, 0) is 48.9 Å². The molecule has 1 aromatic carbocycles. The first-order valence-corrected chi connectivity index (χ1v) is 12.6. The summed E-state index contributed by atoms with van der Waals surface area (Å²) in [6.07, 6.45) is -1.34. The van der Waals surface area contributed by atoms with Gasteiger partial charge in [0.15, 0.2) is 5.76 Å². The zero-order valence-electron chi connectivity index (χ0n) is 20.5. The van der Waals surface area contributed by atoms with Gasteiger partial charge in [-0.25, -0.2) is 13.8 Å². The van der Waals surface area contributed by atoms with Crippen LogP contribution in [0, 0.1) is 6.92 Å². The summed E-state index contributed by atoms with van der Waals surface area (Å²) >= 11 is 6.78. The van der Waals surface area contributed by atoms with E-state index in [0.717, 1.165) is 11.3 Å². The molecule has 0 spiro atoms. The standard InChI is InChI=1S/C26H20ClF2N5O4S/c1-12-17(10-31-34(12)2)16-9-18(23(28)29)32-26-20(16)21(22(39-26)24(30)35)33-25(36)19-7-6-15(38-19)11-37-14-5-3-4-13(27)8-14/h3-10,23H,11H2,1-2H3,(H2,30,35)(H,33,36). The van der Waals surface area contributed by atoms with E-state index < -0.39 is 23.9 Å². The molecule has 9 nitrogen and oxygen atoms in total. The number of nitrogens with one attached hydrogen (secondary N) is 1. The predicted octanol–water partition coefficient (Wildman–Crippen LogP) is 6.12. The third-order valence-electron chi connectivity index (χ3n) is 5.96. The molecule has 0 saturated carbocycles. The third-order valence-corrected chi connectivity index (χ3v) is 7.29. The van der Waals surface area contributed by atoms with Gasteiger partial charge in [0, 0.05) is 28.7 Å². The summed E-state index contributed by atoms with van der Waals surface area (Å²) in [5, 5.41) is 7.68. The topological polar surface area (TPSA) is 125 Å². The molecule has 0 saturated heterocycles. The molecule has 0 bridgehead atoms. The number of amides is 2. The second kappa shape index (κ2) is 10.5. The maximum atomic E-state index is 13.7. The number of nitrogens with zero attached hydrogens (tertiary/aromatic N) is 3. The lowest BCUT2D eigenvalue weighted by molar-refractivity contribution is 0.0992. The second-order valence-electron chi connectivity index (χ2n) is 8.48. The van der Waals surface area contributed by atoms with E-state index >= 15 is 0 Å². The molecule has 2 amide bonds. The van der Waals surface area contributed by atoms with Gasteiger partial charge in [-0.3, -0.25) is 14.3 Å². The van der Waals surface area contributed by atoms with Crippen molar-refractivity contribution in [3.8, 4) is 16.9 Å². The van der Waals surface area contributed by atoms with E-state index in [4.69, 9.17) is 26.5 Å². The monoisotopic (exact) mass is 571 g/mol. The third kappa shape index (κ3) is 5.20. The number of carbonyl (C=O) groups excluding carboxylic acids is 2. The van der Waals surface area contributed by atoms with E-state index in [9.17, 15) is 18.4 Å². The van der Waals surface area contributed by atoms with Crippen LogP contribution in [0.5, 0.6) is 5.75 Å². The molecule has 0 aliphatic heterocycles. The van der Waals surface area contributed by atoms with Gasteiger partial charge in [0.05, 0.1) is 11.9 Å². The number of alkyl halides is 2. The maximum absolute atomic E-state index is 13.7. The molecule has 4 aromatic heterocycles. The summed E-state index contributed by atoms with van der Waals surface area (Å²) in [6, 6.07) is 11.1. The van der Waals surface area contributed by atoms with Crippen LogP contribution in [-0.4, -0.2) is 26.6 Å². The van der Waals surface area contributed by atoms with Gasteiger partial charge in [-0.15, -0.1) is 11.3 Å². The van der Waals surface area contributed by atoms with Crippen molar-refractivity contribution in [2.24, 2.45) is 12.8 Å². The van der Waals surface area contributed by atoms with Gasteiger partial charge >= 0.3 is 0 Å². The molecule has 0 fully saturated rings. The van der Waals surface area contributed by atoms with Gasteiger partial charge < -0.3 is 20.2 Å². The minimum Gasteiger partial charge on any atom is -0.486 e. The van der Waals surface area contributed by atoms with E-state index in [2.05, 4.69) is 15.4 Å². The zero-order valence-corrected chi connectivity index (χ0v) is 22.1. The van der Waals surface area contributed by atoms with Crippen molar-refractivity contribution in [1.29, 1.82) is 0 Å². The number of aromatic nitrogens is 3. The fraction of sp³-hybridized carbons (Fsp3) is 0.154. The van der Waals surface area contributed by atoms with Crippen LogP contribution in [0.4, 0.5) is 14.5 Å². The predicted molar refractivity (Wildman–Crippen MR) is 142 cm³/mol. The van der Waals surface area contributed by atoms with E-state index in [1.807, 2.05) is 0 Å². The number of rotatable bonds is 8. The maximum Gasteiger partial charge on any atom is 0.291 e. The number of primary amides is 1. The first kappa shape index (κ1) is 26.3.